The minimum atomic E-state index is 1.11. The van der Waals surface area contributed by atoms with Crippen LogP contribution in [0.4, 0.5) is 34.1 Å². The molecule has 0 unspecified atom stereocenters. The van der Waals surface area contributed by atoms with Gasteiger partial charge in [-0.25, -0.2) is 0 Å². The molecule has 0 saturated carbocycles. The minimum absolute atomic E-state index is 1.11. The van der Waals surface area contributed by atoms with Crippen LogP contribution in [0.15, 0.2) is 194 Å². The zero-order chi connectivity index (χ0) is 49.6. The van der Waals surface area contributed by atoms with Gasteiger partial charge in [-0.15, -0.1) is 45.3 Å². The van der Waals surface area contributed by atoms with Gasteiger partial charge in [-0.1, -0.05) is 97.1 Å². The van der Waals surface area contributed by atoms with Crippen LogP contribution in [-0.4, -0.2) is 0 Å². The molecule has 6 heteroatoms. The highest BCUT2D eigenvalue weighted by molar-refractivity contribution is 7.16. The molecule has 0 radical (unpaired) electrons. The molecule has 0 N–H and O–H groups in total. The number of nitrogens with zero attached hydrogens (tertiary/aromatic N) is 2. The van der Waals surface area contributed by atoms with Crippen molar-refractivity contribution in [2.24, 2.45) is 0 Å². The summed E-state index contributed by atoms with van der Waals surface area (Å²) < 4.78 is 0. The fourth-order valence-electron chi connectivity index (χ4n) is 9.32. The summed E-state index contributed by atoms with van der Waals surface area (Å²) in [5.74, 6) is 0. The highest BCUT2D eigenvalue weighted by Crippen LogP contribution is 2.42. The van der Waals surface area contributed by atoms with Crippen molar-refractivity contribution >= 4 is 79.5 Å². The second-order valence-corrected chi connectivity index (χ2v) is 24.0. The van der Waals surface area contributed by atoms with Crippen molar-refractivity contribution in [2.45, 2.75) is 55.4 Å². The number of aryl methyl sites for hydroxylation is 8. The van der Waals surface area contributed by atoms with E-state index in [1.54, 1.807) is 0 Å². The molecule has 0 fully saturated rings. The summed E-state index contributed by atoms with van der Waals surface area (Å²) in [6, 6.07) is 72.4. The fourth-order valence-corrected chi connectivity index (χ4v) is 13.5. The molecule has 11 rings (SSSR count). The van der Waals surface area contributed by atoms with Crippen LogP contribution >= 0.6 is 45.3 Å². The second kappa shape index (κ2) is 19.9. The maximum absolute atomic E-state index is 2.37. The third-order valence-electron chi connectivity index (χ3n) is 14.1. The topological polar surface area (TPSA) is 6.48 Å². The van der Waals surface area contributed by atoms with Crippen molar-refractivity contribution in [3.05, 3.63) is 236 Å². The summed E-state index contributed by atoms with van der Waals surface area (Å²) in [7, 11) is 0. The van der Waals surface area contributed by atoms with E-state index in [-0.39, 0.29) is 0 Å². The second-order valence-electron chi connectivity index (χ2n) is 18.9. The van der Waals surface area contributed by atoms with Crippen molar-refractivity contribution in [1.82, 2.24) is 0 Å². The third kappa shape index (κ3) is 9.56. The summed E-state index contributed by atoms with van der Waals surface area (Å²) >= 11 is 7.45. The average Bonchev–Trinajstić information content (AvgIpc) is 4.15. The van der Waals surface area contributed by atoms with Gasteiger partial charge in [0, 0.05) is 73.1 Å². The predicted octanol–water partition coefficient (Wildman–Crippen LogP) is 21.3. The maximum Gasteiger partial charge on any atom is 0.0462 e. The molecule has 11 aromatic rings. The van der Waals surface area contributed by atoms with E-state index in [1.165, 1.54) is 106 Å². The van der Waals surface area contributed by atoms with Gasteiger partial charge in [0.15, 0.2) is 0 Å². The summed E-state index contributed by atoms with van der Waals surface area (Å²) in [5, 5.41) is 0. The molecule has 354 valence electrons. The number of hydrogen-bond acceptors (Lipinski definition) is 6. The Hall–Kier alpha value is -7.06. The molecular formula is C66H56N2S4. The molecule has 0 aliphatic carbocycles. The van der Waals surface area contributed by atoms with Gasteiger partial charge in [-0.3, -0.25) is 0 Å². The number of rotatable bonds is 12. The number of thiophene rings is 4. The largest absolute Gasteiger partial charge is 0.311 e. The van der Waals surface area contributed by atoms with Crippen molar-refractivity contribution in [1.29, 1.82) is 0 Å². The van der Waals surface area contributed by atoms with E-state index in [1.807, 2.05) is 45.3 Å². The van der Waals surface area contributed by atoms with Crippen LogP contribution in [0.25, 0.3) is 64.0 Å². The van der Waals surface area contributed by atoms with Crippen molar-refractivity contribution < 1.29 is 0 Å². The number of benzene rings is 7. The summed E-state index contributed by atoms with van der Waals surface area (Å²) in [5.41, 5.74) is 21.8. The van der Waals surface area contributed by atoms with Gasteiger partial charge in [0.2, 0.25) is 0 Å². The van der Waals surface area contributed by atoms with E-state index in [0.717, 1.165) is 34.1 Å². The van der Waals surface area contributed by atoms with E-state index in [0.29, 0.717) is 0 Å². The molecule has 72 heavy (non-hydrogen) atoms. The van der Waals surface area contributed by atoms with Crippen LogP contribution in [0.3, 0.4) is 0 Å². The number of hydrogen-bond donors (Lipinski definition) is 0. The molecule has 4 heterocycles. The Labute approximate surface area is 441 Å². The molecule has 0 aliphatic heterocycles. The quantitative estimate of drug-likeness (QED) is 0.120. The molecule has 0 atom stereocenters. The maximum atomic E-state index is 2.37. The molecular weight excluding hydrogens is 949 g/mol. The van der Waals surface area contributed by atoms with Crippen LogP contribution < -0.4 is 9.80 Å². The van der Waals surface area contributed by atoms with Crippen LogP contribution in [0, 0.1) is 55.4 Å². The van der Waals surface area contributed by atoms with Gasteiger partial charge in [0.1, 0.15) is 0 Å². The zero-order valence-electron chi connectivity index (χ0n) is 42.0. The van der Waals surface area contributed by atoms with Gasteiger partial charge in [0.05, 0.1) is 0 Å². The normalized spacial score (nSPS) is 11.3. The first kappa shape index (κ1) is 47.3. The lowest BCUT2D eigenvalue weighted by Gasteiger charge is -2.26. The molecule has 7 aromatic carbocycles. The van der Waals surface area contributed by atoms with E-state index in [2.05, 4.69) is 259 Å². The van der Waals surface area contributed by atoms with Crippen LogP contribution in [-0.2, 0) is 0 Å². The van der Waals surface area contributed by atoms with Gasteiger partial charge in [-0.2, -0.15) is 0 Å². The first-order valence-electron chi connectivity index (χ1n) is 24.5. The highest BCUT2D eigenvalue weighted by Gasteiger charge is 2.18. The van der Waals surface area contributed by atoms with Crippen LogP contribution in [0.5, 0.6) is 0 Å². The first-order valence-corrected chi connectivity index (χ1v) is 27.8. The van der Waals surface area contributed by atoms with Crippen molar-refractivity contribution in [2.75, 3.05) is 9.80 Å². The van der Waals surface area contributed by atoms with Crippen LogP contribution in [0.2, 0.25) is 0 Å². The molecule has 0 bridgehead atoms. The predicted molar refractivity (Wildman–Crippen MR) is 318 cm³/mol. The van der Waals surface area contributed by atoms with E-state index in [4.69, 9.17) is 0 Å². The average molecular weight is 1010 g/mol. The Morgan fingerprint density at radius 2 is 0.361 bits per heavy atom. The summed E-state index contributed by atoms with van der Waals surface area (Å²) in [4.78, 5) is 15.4. The van der Waals surface area contributed by atoms with Gasteiger partial charge in [-0.05, 0) is 219 Å². The highest BCUT2D eigenvalue weighted by atomic mass is 32.1. The summed E-state index contributed by atoms with van der Waals surface area (Å²) in [6.07, 6.45) is 0. The lowest BCUT2D eigenvalue weighted by atomic mass is 9.99. The Morgan fingerprint density at radius 1 is 0.208 bits per heavy atom. The smallest absolute Gasteiger partial charge is 0.0462 e. The van der Waals surface area contributed by atoms with Gasteiger partial charge in [0.25, 0.3) is 0 Å². The third-order valence-corrected chi connectivity index (χ3v) is 18.9. The lowest BCUT2D eigenvalue weighted by molar-refractivity contribution is 1.28. The van der Waals surface area contributed by atoms with Gasteiger partial charge < -0.3 is 9.80 Å². The lowest BCUT2D eigenvalue weighted by Crippen LogP contribution is -2.09. The molecule has 0 saturated heterocycles. The first-order chi connectivity index (χ1) is 34.9. The van der Waals surface area contributed by atoms with Crippen LogP contribution in [0.1, 0.15) is 41.8 Å². The van der Waals surface area contributed by atoms with Crippen molar-refractivity contribution in [3.63, 3.8) is 0 Å². The molecule has 2 nitrogen and oxygen atoms in total. The molecule has 4 aromatic heterocycles. The van der Waals surface area contributed by atoms with E-state index < -0.39 is 0 Å². The minimum Gasteiger partial charge on any atom is -0.311 e. The Morgan fingerprint density at radius 3 is 0.514 bits per heavy atom. The van der Waals surface area contributed by atoms with E-state index in [9.17, 15) is 0 Å². The molecule has 0 aliphatic rings. The summed E-state index contributed by atoms with van der Waals surface area (Å²) in [6.45, 7) is 17.6. The fraction of sp³-hybridized carbons (Fsp3) is 0.121. The Kier molecular flexibility index (Phi) is 13.0. The SMILES string of the molecule is Cc1cc(-c2ccc(N(c3ccc(-c4ccc(-c5ccc(N(c6ccc(-c7cc(C)c(C)s7)cc6)c6ccc(-c7cc(C)c(C)s7)cc6)cc5)cc4)cc3)c3ccc(-c4cc(C)c(C)s4)cc3)cc2)sc1C. The monoisotopic (exact) mass is 1000 g/mol. The standard InChI is InChI=1S/C66H56N2S4/c1-41-37-63(69-45(41)5)53-17-29-59(30-18-53)67(60-31-19-54(20-32-60)64-38-42(2)46(6)70-64)57-25-13-51(14-26-57)49-9-11-50(12-10-49)52-15-27-58(28-16-52)68(61-33-21-55(22-34-61)65-39-43(3)47(7)71-65)62-35-23-56(24-36-62)66-40-44(4)48(8)72-66/h9-40H,1-8H3. The van der Waals surface area contributed by atoms with E-state index >= 15 is 0 Å². The van der Waals surface area contributed by atoms with Gasteiger partial charge >= 0.3 is 0 Å². The number of anilines is 6. The zero-order valence-corrected chi connectivity index (χ0v) is 45.3. The molecule has 0 amide bonds. The Bertz CT molecular complexity index is 3160. The van der Waals surface area contributed by atoms with Crippen molar-refractivity contribution in [3.8, 4) is 64.0 Å². The Balaban J connectivity index is 0.856. The molecule has 0 spiro atoms.